The molecular formula is C13H12BrN3O2. The molecule has 0 unspecified atom stereocenters. The average molecular weight is 322 g/mol. The maximum Gasteiger partial charge on any atom is 0.274 e. The van der Waals surface area contributed by atoms with E-state index in [9.17, 15) is 10.1 Å². The molecule has 0 atom stereocenters. The number of benzene rings is 1. The van der Waals surface area contributed by atoms with Crippen LogP contribution in [0.15, 0.2) is 41.0 Å². The first-order valence-electron chi connectivity index (χ1n) is 5.65. The van der Waals surface area contributed by atoms with Gasteiger partial charge in [-0.25, -0.2) is 0 Å². The Labute approximate surface area is 119 Å². The van der Waals surface area contributed by atoms with E-state index in [0.717, 1.165) is 15.9 Å². The lowest BCUT2D eigenvalue weighted by Crippen LogP contribution is -2.03. The molecule has 0 saturated carbocycles. The summed E-state index contributed by atoms with van der Waals surface area (Å²) in [6.45, 7) is 2.28. The Balaban J connectivity index is 2.16. The molecule has 98 valence electrons. The van der Waals surface area contributed by atoms with Crippen LogP contribution < -0.4 is 5.32 Å². The highest BCUT2D eigenvalue weighted by molar-refractivity contribution is 9.10. The van der Waals surface area contributed by atoms with Crippen LogP contribution in [0, 0.1) is 17.0 Å². The lowest BCUT2D eigenvalue weighted by atomic mass is 10.2. The van der Waals surface area contributed by atoms with Gasteiger partial charge in [0.25, 0.3) is 5.69 Å². The molecule has 0 aliphatic heterocycles. The summed E-state index contributed by atoms with van der Waals surface area (Å²) in [4.78, 5) is 14.7. The minimum Gasteiger partial charge on any atom is -0.379 e. The van der Waals surface area contributed by atoms with Crippen LogP contribution in [0.2, 0.25) is 0 Å². The molecule has 19 heavy (non-hydrogen) atoms. The fraction of sp³-hybridized carbons (Fsp3) is 0.154. The lowest BCUT2D eigenvalue weighted by Gasteiger charge is -2.07. The van der Waals surface area contributed by atoms with E-state index < -0.39 is 0 Å². The Hall–Kier alpha value is -1.95. The molecule has 0 aliphatic rings. The molecule has 0 spiro atoms. The number of halogens is 1. The maximum absolute atomic E-state index is 10.9. The molecule has 0 fully saturated rings. The molecule has 1 N–H and O–H groups in total. The fourth-order valence-corrected chi connectivity index (χ4v) is 2.05. The SMILES string of the molecule is Cc1ccc(NCc2cc(Br)ccc2[N+](=O)[O-])cn1. The smallest absolute Gasteiger partial charge is 0.274 e. The van der Waals surface area contributed by atoms with Crippen molar-refractivity contribution in [2.24, 2.45) is 0 Å². The number of aryl methyl sites for hydroxylation is 1. The van der Waals surface area contributed by atoms with Gasteiger partial charge >= 0.3 is 0 Å². The van der Waals surface area contributed by atoms with Crippen molar-refractivity contribution in [1.29, 1.82) is 0 Å². The van der Waals surface area contributed by atoms with E-state index in [4.69, 9.17) is 0 Å². The van der Waals surface area contributed by atoms with Crippen LogP contribution in [0.25, 0.3) is 0 Å². The van der Waals surface area contributed by atoms with Gasteiger partial charge in [-0.05, 0) is 31.2 Å². The number of pyridine rings is 1. The quantitative estimate of drug-likeness (QED) is 0.689. The molecule has 1 aromatic heterocycles. The van der Waals surface area contributed by atoms with Crippen LogP contribution >= 0.6 is 15.9 Å². The zero-order chi connectivity index (χ0) is 13.8. The van der Waals surface area contributed by atoms with E-state index in [1.807, 2.05) is 19.1 Å². The van der Waals surface area contributed by atoms with Crippen LogP contribution in [0.4, 0.5) is 11.4 Å². The van der Waals surface area contributed by atoms with Crippen LogP contribution in [0.5, 0.6) is 0 Å². The molecular weight excluding hydrogens is 310 g/mol. The molecule has 1 aromatic carbocycles. The number of hydrogen-bond acceptors (Lipinski definition) is 4. The van der Waals surface area contributed by atoms with Crippen molar-refractivity contribution in [2.45, 2.75) is 13.5 Å². The zero-order valence-electron chi connectivity index (χ0n) is 10.3. The van der Waals surface area contributed by atoms with Crippen LogP contribution in [-0.2, 0) is 6.54 Å². The van der Waals surface area contributed by atoms with Crippen LogP contribution in [-0.4, -0.2) is 9.91 Å². The van der Waals surface area contributed by atoms with Crippen LogP contribution in [0.3, 0.4) is 0 Å². The molecule has 0 amide bonds. The first-order chi connectivity index (χ1) is 9.06. The van der Waals surface area contributed by atoms with E-state index in [2.05, 4.69) is 26.2 Å². The number of aromatic nitrogens is 1. The molecule has 2 rings (SSSR count). The van der Waals surface area contributed by atoms with Gasteiger partial charge in [-0.3, -0.25) is 15.1 Å². The molecule has 2 aromatic rings. The number of nitro groups is 1. The van der Waals surface area contributed by atoms with Gasteiger partial charge in [0.1, 0.15) is 0 Å². The van der Waals surface area contributed by atoms with Gasteiger partial charge in [0.05, 0.1) is 16.8 Å². The zero-order valence-corrected chi connectivity index (χ0v) is 11.8. The van der Waals surface area contributed by atoms with E-state index >= 15 is 0 Å². The Morgan fingerprint density at radius 3 is 2.79 bits per heavy atom. The molecule has 0 aliphatic carbocycles. The van der Waals surface area contributed by atoms with Gasteiger partial charge in [0.2, 0.25) is 0 Å². The topological polar surface area (TPSA) is 68.1 Å². The number of hydrogen-bond donors (Lipinski definition) is 1. The van der Waals surface area contributed by atoms with Crippen molar-refractivity contribution >= 4 is 27.3 Å². The summed E-state index contributed by atoms with van der Waals surface area (Å²) in [6.07, 6.45) is 1.71. The lowest BCUT2D eigenvalue weighted by molar-refractivity contribution is -0.385. The Kier molecular flexibility index (Phi) is 4.11. The summed E-state index contributed by atoms with van der Waals surface area (Å²) in [7, 11) is 0. The first kappa shape index (κ1) is 13.5. The van der Waals surface area contributed by atoms with Crippen molar-refractivity contribution in [3.05, 3.63) is 62.4 Å². The van der Waals surface area contributed by atoms with Crippen molar-refractivity contribution in [2.75, 3.05) is 5.32 Å². The molecule has 0 saturated heterocycles. The van der Waals surface area contributed by atoms with E-state index in [-0.39, 0.29) is 10.6 Å². The van der Waals surface area contributed by atoms with E-state index in [1.165, 1.54) is 6.07 Å². The number of nitro benzene ring substituents is 1. The highest BCUT2D eigenvalue weighted by Gasteiger charge is 2.13. The number of rotatable bonds is 4. The highest BCUT2D eigenvalue weighted by Crippen LogP contribution is 2.23. The largest absolute Gasteiger partial charge is 0.379 e. The van der Waals surface area contributed by atoms with Crippen LogP contribution in [0.1, 0.15) is 11.3 Å². The predicted octanol–water partition coefficient (Wildman–Crippen LogP) is 3.67. The fourth-order valence-electron chi connectivity index (χ4n) is 1.64. The standard InChI is InChI=1S/C13H12BrN3O2/c1-9-2-4-12(8-15-9)16-7-10-6-11(14)3-5-13(10)17(18)19/h2-6,8,16H,7H2,1H3. The van der Waals surface area contributed by atoms with Crippen molar-refractivity contribution < 1.29 is 4.92 Å². The third-order valence-corrected chi connectivity index (χ3v) is 3.13. The third-order valence-electron chi connectivity index (χ3n) is 2.63. The summed E-state index contributed by atoms with van der Waals surface area (Å²) in [5, 5.41) is 14.1. The van der Waals surface area contributed by atoms with Gasteiger partial charge in [-0.15, -0.1) is 0 Å². The molecule has 0 radical (unpaired) electrons. The summed E-state index contributed by atoms with van der Waals surface area (Å²) < 4.78 is 0.817. The third kappa shape index (κ3) is 3.51. The monoisotopic (exact) mass is 321 g/mol. The average Bonchev–Trinajstić information content (AvgIpc) is 2.38. The summed E-state index contributed by atoms with van der Waals surface area (Å²) in [5.74, 6) is 0. The summed E-state index contributed by atoms with van der Waals surface area (Å²) >= 11 is 3.32. The second-order valence-corrected chi connectivity index (χ2v) is 4.99. The molecule has 0 bridgehead atoms. The number of nitrogens with zero attached hydrogens (tertiary/aromatic N) is 2. The predicted molar refractivity (Wildman–Crippen MR) is 77.1 cm³/mol. The van der Waals surface area contributed by atoms with E-state index in [1.54, 1.807) is 18.3 Å². The number of nitrogens with one attached hydrogen (secondary N) is 1. The van der Waals surface area contributed by atoms with Crippen molar-refractivity contribution in [3.63, 3.8) is 0 Å². The first-order valence-corrected chi connectivity index (χ1v) is 6.45. The Bertz CT molecular complexity index is 599. The minimum absolute atomic E-state index is 0.107. The molecule has 5 nitrogen and oxygen atoms in total. The Morgan fingerprint density at radius 2 is 2.16 bits per heavy atom. The molecule has 1 heterocycles. The summed E-state index contributed by atoms with van der Waals surface area (Å²) in [6, 6.07) is 8.68. The van der Waals surface area contributed by atoms with Crippen molar-refractivity contribution in [1.82, 2.24) is 4.98 Å². The summed E-state index contributed by atoms with van der Waals surface area (Å²) in [5.41, 5.74) is 2.49. The number of anilines is 1. The van der Waals surface area contributed by atoms with Crippen molar-refractivity contribution in [3.8, 4) is 0 Å². The Morgan fingerprint density at radius 1 is 1.37 bits per heavy atom. The highest BCUT2D eigenvalue weighted by atomic mass is 79.9. The normalized spacial score (nSPS) is 10.2. The van der Waals surface area contributed by atoms with Gasteiger partial charge in [0, 0.05) is 28.3 Å². The van der Waals surface area contributed by atoms with Gasteiger partial charge in [-0.2, -0.15) is 0 Å². The second kappa shape index (κ2) is 5.79. The molecule has 6 heteroatoms. The van der Waals surface area contributed by atoms with Gasteiger partial charge in [-0.1, -0.05) is 15.9 Å². The maximum atomic E-state index is 10.9. The van der Waals surface area contributed by atoms with Gasteiger partial charge < -0.3 is 5.32 Å². The minimum atomic E-state index is -0.378. The second-order valence-electron chi connectivity index (χ2n) is 4.07. The van der Waals surface area contributed by atoms with Gasteiger partial charge in [0.15, 0.2) is 0 Å². The van der Waals surface area contributed by atoms with E-state index in [0.29, 0.717) is 12.1 Å².